The number of nitriles is 1. The molecule has 1 aliphatic rings. The van der Waals surface area contributed by atoms with Gasteiger partial charge in [-0.2, -0.15) is 10.4 Å². The maximum atomic E-state index is 11.4. The van der Waals surface area contributed by atoms with E-state index in [1.165, 1.54) is 6.20 Å². The van der Waals surface area contributed by atoms with E-state index < -0.39 is 5.91 Å². The van der Waals surface area contributed by atoms with Gasteiger partial charge in [0.25, 0.3) is 5.91 Å². The monoisotopic (exact) mass is 268 g/mol. The topological polar surface area (TPSA) is 110 Å². The molecular weight excluding hydrogens is 256 g/mol. The van der Waals surface area contributed by atoms with Gasteiger partial charge in [-0.3, -0.25) is 4.79 Å². The van der Waals surface area contributed by atoms with E-state index in [0.717, 1.165) is 29.9 Å². The zero-order valence-corrected chi connectivity index (χ0v) is 10.6. The third-order valence-electron chi connectivity index (χ3n) is 3.24. The van der Waals surface area contributed by atoms with Gasteiger partial charge in [0.15, 0.2) is 0 Å². The Balaban J connectivity index is 2.19. The van der Waals surface area contributed by atoms with E-state index in [0.29, 0.717) is 12.1 Å². The summed E-state index contributed by atoms with van der Waals surface area (Å²) >= 11 is 0. The molecule has 0 bridgehead atoms. The maximum Gasteiger partial charge on any atom is 0.267 e. The number of aromatic nitrogens is 3. The van der Waals surface area contributed by atoms with Crippen molar-refractivity contribution in [2.75, 3.05) is 6.54 Å². The number of primary amides is 1. The second-order valence-corrected chi connectivity index (χ2v) is 4.53. The maximum absolute atomic E-state index is 11.4. The van der Waals surface area contributed by atoms with Gasteiger partial charge >= 0.3 is 0 Å². The highest BCUT2D eigenvalue weighted by molar-refractivity contribution is 5.91. The van der Waals surface area contributed by atoms with Crippen LogP contribution in [0.25, 0.3) is 5.69 Å². The fourth-order valence-corrected chi connectivity index (χ4v) is 2.29. The highest BCUT2D eigenvalue weighted by Crippen LogP contribution is 2.22. The number of nitrogens with zero attached hydrogens (tertiary/aromatic N) is 4. The van der Waals surface area contributed by atoms with E-state index in [1.54, 1.807) is 16.9 Å². The molecule has 0 fully saturated rings. The van der Waals surface area contributed by atoms with Crippen LogP contribution in [-0.4, -0.2) is 27.2 Å². The molecule has 100 valence electrons. The van der Waals surface area contributed by atoms with Gasteiger partial charge < -0.3 is 11.1 Å². The summed E-state index contributed by atoms with van der Waals surface area (Å²) in [6.07, 6.45) is 3.90. The molecule has 1 aliphatic heterocycles. The molecule has 1 amide bonds. The largest absolute Gasteiger partial charge is 0.364 e. The predicted molar refractivity (Wildman–Crippen MR) is 70.0 cm³/mol. The van der Waals surface area contributed by atoms with E-state index >= 15 is 0 Å². The lowest BCUT2D eigenvalue weighted by Gasteiger charge is -2.20. The first-order valence-electron chi connectivity index (χ1n) is 6.17. The molecule has 2 aromatic rings. The summed E-state index contributed by atoms with van der Waals surface area (Å²) in [5.74, 6) is -0.577. The number of carbonyl (C=O) groups excluding carboxylic acids is 1. The van der Waals surface area contributed by atoms with Crippen LogP contribution in [0.2, 0.25) is 0 Å². The van der Waals surface area contributed by atoms with E-state index in [2.05, 4.69) is 15.4 Å². The van der Waals surface area contributed by atoms with E-state index in [9.17, 15) is 4.79 Å². The molecule has 7 nitrogen and oxygen atoms in total. The second kappa shape index (κ2) is 4.75. The Morgan fingerprint density at radius 3 is 3.10 bits per heavy atom. The minimum absolute atomic E-state index is 0.205. The first kappa shape index (κ1) is 12.3. The molecule has 0 aliphatic carbocycles. The quantitative estimate of drug-likeness (QED) is 0.789. The van der Waals surface area contributed by atoms with Gasteiger partial charge in [0.2, 0.25) is 0 Å². The van der Waals surface area contributed by atoms with Crippen LogP contribution in [0.15, 0.2) is 18.5 Å². The van der Waals surface area contributed by atoms with Crippen LogP contribution in [0.1, 0.15) is 27.3 Å². The minimum atomic E-state index is -0.577. The number of nitrogens with two attached hydrogens (primary N) is 1. The van der Waals surface area contributed by atoms with E-state index in [-0.39, 0.29) is 5.69 Å². The number of rotatable bonds is 2. The van der Waals surface area contributed by atoms with Crippen molar-refractivity contribution in [2.24, 2.45) is 5.73 Å². The molecule has 0 aromatic carbocycles. The standard InChI is InChI=1S/C13H12N6O/c14-4-8-5-17-19(7-8)12-3-10(13(15)20)18-11-6-16-2-1-9(11)12/h3,5,7,16H,1-2,6H2,(H2,15,20). The third-order valence-corrected chi connectivity index (χ3v) is 3.24. The van der Waals surface area contributed by atoms with Crippen molar-refractivity contribution >= 4 is 5.91 Å². The lowest BCUT2D eigenvalue weighted by molar-refractivity contribution is 0.0995. The van der Waals surface area contributed by atoms with Crippen molar-refractivity contribution in [1.29, 1.82) is 5.26 Å². The van der Waals surface area contributed by atoms with Crippen LogP contribution in [-0.2, 0) is 13.0 Å². The summed E-state index contributed by atoms with van der Waals surface area (Å²) in [6.45, 7) is 1.43. The van der Waals surface area contributed by atoms with Crippen LogP contribution >= 0.6 is 0 Å². The Labute approximate surface area is 115 Å². The van der Waals surface area contributed by atoms with Gasteiger partial charge in [-0.25, -0.2) is 9.67 Å². The number of pyridine rings is 1. The first-order valence-corrected chi connectivity index (χ1v) is 6.17. The number of amides is 1. The fraction of sp³-hybridized carbons (Fsp3) is 0.231. The van der Waals surface area contributed by atoms with Crippen molar-refractivity contribution in [1.82, 2.24) is 20.1 Å². The fourth-order valence-electron chi connectivity index (χ4n) is 2.29. The van der Waals surface area contributed by atoms with E-state index in [4.69, 9.17) is 11.0 Å². The Kier molecular flexibility index (Phi) is 2.93. The summed E-state index contributed by atoms with van der Waals surface area (Å²) in [5.41, 5.74) is 8.58. The molecule has 0 saturated carbocycles. The Bertz CT molecular complexity index is 727. The van der Waals surface area contributed by atoms with E-state index in [1.807, 2.05) is 6.07 Å². The zero-order chi connectivity index (χ0) is 14.1. The molecule has 7 heteroatoms. The van der Waals surface area contributed by atoms with Gasteiger partial charge in [-0.1, -0.05) is 0 Å². The Morgan fingerprint density at radius 1 is 1.55 bits per heavy atom. The Morgan fingerprint density at radius 2 is 2.40 bits per heavy atom. The van der Waals surface area contributed by atoms with Crippen molar-refractivity contribution in [3.63, 3.8) is 0 Å². The molecule has 0 radical (unpaired) electrons. The van der Waals surface area contributed by atoms with Gasteiger partial charge in [0.1, 0.15) is 11.8 Å². The molecule has 0 atom stereocenters. The van der Waals surface area contributed by atoms with Crippen molar-refractivity contribution in [3.05, 3.63) is 41.0 Å². The molecule has 3 heterocycles. The van der Waals surface area contributed by atoms with Gasteiger partial charge in [-0.15, -0.1) is 0 Å². The smallest absolute Gasteiger partial charge is 0.267 e. The summed E-state index contributed by atoms with van der Waals surface area (Å²) in [6, 6.07) is 3.66. The van der Waals surface area contributed by atoms with Crippen LogP contribution in [0.3, 0.4) is 0 Å². The molecule has 0 unspecified atom stereocenters. The lowest BCUT2D eigenvalue weighted by atomic mass is 10.0. The van der Waals surface area contributed by atoms with Crippen LogP contribution in [0.4, 0.5) is 0 Å². The zero-order valence-electron chi connectivity index (χ0n) is 10.6. The van der Waals surface area contributed by atoms with Gasteiger partial charge in [0.05, 0.1) is 23.1 Å². The van der Waals surface area contributed by atoms with Crippen LogP contribution < -0.4 is 11.1 Å². The normalized spacial score (nSPS) is 13.6. The predicted octanol–water partition coefficient (Wildman–Crippen LogP) is -0.116. The molecule has 3 rings (SSSR count). The van der Waals surface area contributed by atoms with Gasteiger partial charge in [-0.05, 0) is 19.0 Å². The lowest BCUT2D eigenvalue weighted by Crippen LogP contribution is -2.28. The number of hydrogen-bond donors (Lipinski definition) is 2. The Hall–Kier alpha value is -2.72. The summed E-state index contributed by atoms with van der Waals surface area (Å²) in [5, 5.41) is 16.2. The second-order valence-electron chi connectivity index (χ2n) is 4.53. The summed E-state index contributed by atoms with van der Waals surface area (Å²) in [4.78, 5) is 15.7. The number of hydrogen-bond acceptors (Lipinski definition) is 5. The minimum Gasteiger partial charge on any atom is -0.364 e. The number of nitrogens with one attached hydrogen (secondary N) is 1. The summed E-state index contributed by atoms with van der Waals surface area (Å²) in [7, 11) is 0. The third kappa shape index (κ3) is 2.02. The van der Waals surface area contributed by atoms with Crippen molar-refractivity contribution in [3.8, 4) is 11.8 Å². The van der Waals surface area contributed by atoms with Crippen LogP contribution in [0.5, 0.6) is 0 Å². The first-order chi connectivity index (χ1) is 9.69. The van der Waals surface area contributed by atoms with Crippen LogP contribution in [0, 0.1) is 11.3 Å². The number of fused-ring (bicyclic) bond motifs is 1. The molecule has 20 heavy (non-hydrogen) atoms. The highest BCUT2D eigenvalue weighted by atomic mass is 16.1. The molecule has 3 N–H and O–H groups in total. The summed E-state index contributed by atoms with van der Waals surface area (Å²) < 4.78 is 1.59. The molecular formula is C13H12N6O. The van der Waals surface area contributed by atoms with Crippen molar-refractivity contribution < 1.29 is 4.79 Å². The SMILES string of the molecule is N#Cc1cnn(-c2cc(C(N)=O)nc3c2CCNC3)c1. The molecule has 2 aromatic heterocycles. The molecule has 0 spiro atoms. The van der Waals surface area contributed by atoms with Gasteiger partial charge in [0, 0.05) is 18.3 Å². The number of carbonyl (C=O) groups is 1. The van der Waals surface area contributed by atoms with Crippen molar-refractivity contribution in [2.45, 2.75) is 13.0 Å². The highest BCUT2D eigenvalue weighted by Gasteiger charge is 2.19. The molecule has 0 saturated heterocycles. The average molecular weight is 268 g/mol. The average Bonchev–Trinajstić information content (AvgIpc) is 2.94.